The van der Waals surface area contributed by atoms with Gasteiger partial charge in [-0.15, -0.1) is 11.3 Å². The second-order valence-corrected chi connectivity index (χ2v) is 10.6. The number of benzene rings is 1. The summed E-state index contributed by atoms with van der Waals surface area (Å²) in [5.74, 6) is -0.734. The van der Waals surface area contributed by atoms with E-state index in [1.54, 1.807) is 6.92 Å². The zero-order chi connectivity index (χ0) is 26.4. The van der Waals surface area contributed by atoms with Gasteiger partial charge in [-0.3, -0.25) is 0 Å². The van der Waals surface area contributed by atoms with Gasteiger partial charge in [-0.05, 0) is 50.8 Å². The van der Waals surface area contributed by atoms with Crippen LogP contribution in [-0.4, -0.2) is 58.3 Å². The van der Waals surface area contributed by atoms with Gasteiger partial charge in [0.15, 0.2) is 5.79 Å². The highest BCUT2D eigenvalue weighted by Gasteiger charge is 2.54. The van der Waals surface area contributed by atoms with Crippen molar-refractivity contribution in [2.24, 2.45) is 11.0 Å². The molecule has 0 bridgehead atoms. The predicted molar refractivity (Wildman–Crippen MR) is 133 cm³/mol. The first-order valence-corrected chi connectivity index (χ1v) is 12.5. The number of alkyl halides is 3. The molecule has 1 aliphatic carbocycles. The maximum absolute atomic E-state index is 12.9. The number of aromatic nitrogens is 3. The van der Waals surface area contributed by atoms with Crippen LogP contribution < -0.4 is 10.6 Å². The molecule has 1 aliphatic heterocycles. The van der Waals surface area contributed by atoms with Crippen LogP contribution >= 0.6 is 11.3 Å². The van der Waals surface area contributed by atoms with Crippen LogP contribution in [0.1, 0.15) is 26.0 Å². The summed E-state index contributed by atoms with van der Waals surface area (Å²) in [6, 6.07) is 7.35. The molecule has 37 heavy (non-hydrogen) atoms. The van der Waals surface area contributed by atoms with Gasteiger partial charge in [0.2, 0.25) is 5.95 Å². The molecule has 0 unspecified atom stereocenters. The van der Waals surface area contributed by atoms with Crippen molar-refractivity contribution < 1.29 is 22.6 Å². The average Bonchev–Trinajstić information content (AvgIpc) is 3.47. The van der Waals surface area contributed by atoms with E-state index in [-0.39, 0.29) is 36.7 Å². The first kappa shape index (κ1) is 25.5. The minimum absolute atomic E-state index is 0.100. The Labute approximate surface area is 214 Å². The van der Waals surface area contributed by atoms with Crippen molar-refractivity contribution in [2.75, 3.05) is 23.7 Å². The van der Waals surface area contributed by atoms with Gasteiger partial charge in [0.05, 0.1) is 33.6 Å². The number of thiazole rings is 1. The molecule has 1 saturated carbocycles. The molecule has 196 valence electrons. The number of fused-ring (bicyclic) bond motifs is 2. The summed E-state index contributed by atoms with van der Waals surface area (Å²) in [5.41, 5.74) is 10.7. The fraction of sp³-hybridized carbons (Fsp3) is 0.522. The molecule has 2 aromatic heterocycles. The summed E-state index contributed by atoms with van der Waals surface area (Å²) in [6.07, 6.45) is -4.56. The van der Waals surface area contributed by atoms with E-state index in [9.17, 15) is 13.2 Å². The topological polar surface area (TPSA) is 130 Å². The van der Waals surface area contributed by atoms with Crippen LogP contribution in [0.2, 0.25) is 0 Å². The lowest BCUT2D eigenvalue weighted by atomic mass is 10.1. The van der Waals surface area contributed by atoms with Gasteiger partial charge in [-0.2, -0.15) is 18.2 Å². The molecule has 2 aliphatic rings. The summed E-state index contributed by atoms with van der Waals surface area (Å²) < 4.78 is 51.9. The number of aryl methyl sites for hydroxylation is 1. The maximum atomic E-state index is 12.9. The van der Waals surface area contributed by atoms with E-state index in [0.717, 1.165) is 10.2 Å². The van der Waals surface area contributed by atoms with E-state index in [1.165, 1.54) is 11.3 Å². The van der Waals surface area contributed by atoms with Crippen LogP contribution in [0.5, 0.6) is 0 Å². The smallest absolute Gasteiger partial charge is 0.364 e. The van der Waals surface area contributed by atoms with E-state index in [0.29, 0.717) is 28.5 Å². The van der Waals surface area contributed by atoms with E-state index in [2.05, 4.69) is 30.6 Å². The minimum atomic E-state index is -4.43. The van der Waals surface area contributed by atoms with Gasteiger partial charge >= 0.3 is 6.18 Å². The van der Waals surface area contributed by atoms with Crippen LogP contribution in [0.3, 0.4) is 0 Å². The Bertz CT molecular complexity index is 1320. The summed E-state index contributed by atoms with van der Waals surface area (Å²) in [4.78, 5) is 16.3. The molecule has 3 aromatic rings. The summed E-state index contributed by atoms with van der Waals surface area (Å²) in [5, 5.41) is 10.1. The highest BCUT2D eigenvalue weighted by molar-refractivity contribution is 7.21. The van der Waals surface area contributed by atoms with Crippen LogP contribution in [-0.2, 0) is 9.47 Å². The second kappa shape index (κ2) is 9.60. The number of hydrogen-bond donors (Lipinski definition) is 2. The van der Waals surface area contributed by atoms with Gasteiger partial charge < -0.3 is 20.1 Å². The third-order valence-electron chi connectivity index (χ3n) is 6.33. The Balaban J connectivity index is 1.53. The van der Waals surface area contributed by atoms with Crippen LogP contribution in [0, 0.1) is 12.8 Å². The largest absolute Gasteiger partial charge is 0.405 e. The van der Waals surface area contributed by atoms with Crippen molar-refractivity contribution in [1.29, 1.82) is 0 Å². The number of anilines is 2. The molecular formula is C23H25F3N8O2S. The van der Waals surface area contributed by atoms with Gasteiger partial charge in [-0.1, -0.05) is 17.2 Å². The van der Waals surface area contributed by atoms with Gasteiger partial charge in [0.25, 0.3) is 0 Å². The number of azide groups is 1. The quantitative estimate of drug-likeness (QED) is 0.227. The summed E-state index contributed by atoms with van der Waals surface area (Å²) >= 11 is 1.45. The van der Waals surface area contributed by atoms with Gasteiger partial charge in [0, 0.05) is 11.5 Å². The molecule has 0 amide bonds. The third-order valence-corrected chi connectivity index (χ3v) is 7.38. The van der Waals surface area contributed by atoms with Crippen LogP contribution in [0.25, 0.3) is 31.2 Å². The normalized spacial score (nSPS) is 24.6. The molecule has 1 aromatic carbocycles. The van der Waals surface area contributed by atoms with Crippen molar-refractivity contribution in [3.63, 3.8) is 0 Å². The van der Waals surface area contributed by atoms with E-state index < -0.39 is 18.5 Å². The fourth-order valence-corrected chi connectivity index (χ4v) is 5.96. The Morgan fingerprint density at radius 2 is 1.95 bits per heavy atom. The Kier molecular flexibility index (Phi) is 6.61. The van der Waals surface area contributed by atoms with Gasteiger partial charge in [0.1, 0.15) is 23.5 Å². The molecule has 2 N–H and O–H groups in total. The summed E-state index contributed by atoms with van der Waals surface area (Å²) in [7, 11) is 0. The molecule has 3 heterocycles. The molecule has 4 atom stereocenters. The number of hydrogen-bond acceptors (Lipinski definition) is 9. The SMILES string of the molecule is Cc1nc(NCC(F)(F)F)nc(N[C@@H]2C[C@H](CN=[N+]=[N-])[C@H]3OC(C)(C)O[C@H]32)c1-c1nc2ccccc2s1. The lowest BCUT2D eigenvalue weighted by Crippen LogP contribution is -2.35. The third kappa shape index (κ3) is 5.42. The first-order valence-electron chi connectivity index (χ1n) is 11.7. The summed E-state index contributed by atoms with van der Waals surface area (Å²) in [6.45, 7) is 4.31. The Morgan fingerprint density at radius 1 is 1.19 bits per heavy atom. The monoisotopic (exact) mass is 534 g/mol. The van der Waals surface area contributed by atoms with Crippen molar-refractivity contribution in [1.82, 2.24) is 15.0 Å². The molecule has 10 nitrogen and oxygen atoms in total. The maximum Gasteiger partial charge on any atom is 0.405 e. The van der Waals surface area contributed by atoms with E-state index >= 15 is 0 Å². The Hall–Kier alpha value is -3.19. The number of nitrogens with one attached hydrogen (secondary N) is 2. The highest BCUT2D eigenvalue weighted by atomic mass is 32.1. The van der Waals surface area contributed by atoms with Gasteiger partial charge in [-0.25, -0.2) is 9.97 Å². The van der Waals surface area contributed by atoms with Crippen molar-refractivity contribution in [3.05, 3.63) is 40.4 Å². The predicted octanol–water partition coefficient (Wildman–Crippen LogP) is 5.67. The highest BCUT2D eigenvalue weighted by Crippen LogP contribution is 2.44. The minimum Gasteiger partial charge on any atom is -0.364 e. The molecule has 0 spiro atoms. The Morgan fingerprint density at radius 3 is 2.68 bits per heavy atom. The number of para-hydroxylation sites is 1. The fourth-order valence-electron chi connectivity index (χ4n) is 4.89. The van der Waals surface area contributed by atoms with Crippen molar-refractivity contribution in [3.8, 4) is 10.6 Å². The molecule has 1 saturated heterocycles. The molecule has 0 radical (unpaired) electrons. The van der Waals surface area contributed by atoms with Crippen molar-refractivity contribution in [2.45, 2.75) is 57.4 Å². The first-order chi connectivity index (χ1) is 17.5. The number of halogens is 3. The molecule has 2 fully saturated rings. The molecule has 5 rings (SSSR count). The lowest BCUT2D eigenvalue weighted by molar-refractivity contribution is -0.156. The number of rotatable bonds is 7. The van der Waals surface area contributed by atoms with E-state index in [4.69, 9.17) is 20.0 Å². The zero-order valence-electron chi connectivity index (χ0n) is 20.3. The number of ether oxygens (including phenoxy) is 2. The molecule has 14 heteroatoms. The second-order valence-electron chi connectivity index (χ2n) is 9.54. The zero-order valence-corrected chi connectivity index (χ0v) is 21.1. The van der Waals surface area contributed by atoms with Crippen molar-refractivity contribution >= 4 is 33.3 Å². The average molecular weight is 535 g/mol. The number of nitrogens with zero attached hydrogens (tertiary/aromatic N) is 6. The lowest BCUT2D eigenvalue weighted by Gasteiger charge is -2.25. The van der Waals surface area contributed by atoms with Crippen LogP contribution in [0.15, 0.2) is 29.4 Å². The van der Waals surface area contributed by atoms with Crippen LogP contribution in [0.4, 0.5) is 24.9 Å². The molecular weight excluding hydrogens is 509 g/mol. The standard InChI is InChI=1S/C23H25F3N8O2S/c1-11-16(20-32-13-6-4-5-7-15(13)37-20)19(33-21(30-11)28-10-23(24,25)26)31-14-8-12(9-29-34-27)17-18(14)36-22(2,3)35-17/h4-7,12,14,17-18H,8-10H2,1-3H3,(H2,28,30,31,33)/t12-,14-,17-,18+/m1/s1. The van der Waals surface area contributed by atoms with E-state index in [1.807, 2.05) is 38.1 Å².